The highest BCUT2D eigenvalue weighted by molar-refractivity contribution is 6.33. The molecule has 0 bridgehead atoms. The maximum absolute atomic E-state index is 12.0. The highest BCUT2D eigenvalue weighted by Crippen LogP contribution is 2.20. The van der Waals surface area contributed by atoms with Gasteiger partial charge in [0, 0.05) is 28.3 Å². The van der Waals surface area contributed by atoms with Gasteiger partial charge in [-0.3, -0.25) is 14.9 Å². The quantitative estimate of drug-likeness (QED) is 0.492. The summed E-state index contributed by atoms with van der Waals surface area (Å²) in [6, 6.07) is 10.5. The van der Waals surface area contributed by atoms with E-state index in [4.69, 9.17) is 16.3 Å². The summed E-state index contributed by atoms with van der Waals surface area (Å²) in [6.07, 6.45) is 1.25. The number of rotatable bonds is 6. The maximum atomic E-state index is 12.0. The van der Waals surface area contributed by atoms with Gasteiger partial charge in [0.2, 0.25) is 0 Å². The fraction of sp³-hybridized carbons (Fsp3) is 0.125. The van der Waals surface area contributed by atoms with Crippen LogP contribution in [0.2, 0.25) is 5.02 Å². The Kier molecular flexibility index (Phi) is 5.86. The van der Waals surface area contributed by atoms with E-state index in [1.807, 2.05) is 6.92 Å². The smallest absolute Gasteiger partial charge is 0.271 e. The van der Waals surface area contributed by atoms with Crippen molar-refractivity contribution in [1.29, 1.82) is 0 Å². The number of carbonyl (C=O) groups is 1. The topological polar surface area (TPSA) is 93.8 Å². The van der Waals surface area contributed by atoms with Gasteiger partial charge in [-0.1, -0.05) is 11.6 Å². The number of benzene rings is 2. The van der Waals surface area contributed by atoms with Gasteiger partial charge in [-0.25, -0.2) is 5.43 Å². The summed E-state index contributed by atoms with van der Waals surface area (Å²) < 4.78 is 5.29. The molecule has 0 saturated heterocycles. The van der Waals surface area contributed by atoms with Crippen LogP contribution >= 0.6 is 11.6 Å². The van der Waals surface area contributed by atoms with Gasteiger partial charge >= 0.3 is 0 Å². The fourth-order valence-corrected chi connectivity index (χ4v) is 2.00. The van der Waals surface area contributed by atoms with Gasteiger partial charge in [-0.15, -0.1) is 0 Å². The number of amides is 1. The number of nitrogens with one attached hydrogen (secondary N) is 1. The Balaban J connectivity index is 2.04. The molecular formula is C16H14ClN3O4. The predicted octanol–water partition coefficient (Wildman–Crippen LogP) is 3.41. The summed E-state index contributed by atoms with van der Waals surface area (Å²) in [7, 11) is 0. The second-order valence-electron chi connectivity index (χ2n) is 4.62. The zero-order valence-corrected chi connectivity index (χ0v) is 13.5. The molecule has 0 spiro atoms. The predicted molar refractivity (Wildman–Crippen MR) is 90.8 cm³/mol. The molecule has 7 nitrogen and oxygen atoms in total. The first kappa shape index (κ1) is 17.4. The van der Waals surface area contributed by atoms with Crippen LogP contribution in [-0.4, -0.2) is 23.7 Å². The Bertz CT molecular complexity index is 775. The zero-order valence-electron chi connectivity index (χ0n) is 12.7. The van der Waals surface area contributed by atoms with Crippen molar-refractivity contribution in [3.05, 3.63) is 68.7 Å². The van der Waals surface area contributed by atoms with Gasteiger partial charge in [0.1, 0.15) is 5.75 Å². The van der Waals surface area contributed by atoms with Crippen LogP contribution in [-0.2, 0) is 0 Å². The molecule has 0 radical (unpaired) electrons. The number of halogens is 1. The summed E-state index contributed by atoms with van der Waals surface area (Å²) in [5.41, 5.74) is 2.96. The third-order valence-electron chi connectivity index (χ3n) is 2.99. The lowest BCUT2D eigenvalue weighted by Gasteiger charge is -2.04. The van der Waals surface area contributed by atoms with E-state index in [1.54, 1.807) is 24.3 Å². The number of hydrogen-bond donors (Lipinski definition) is 1. The van der Waals surface area contributed by atoms with Crippen molar-refractivity contribution >= 4 is 29.4 Å². The average Bonchev–Trinajstić information content (AvgIpc) is 2.57. The van der Waals surface area contributed by atoms with Crippen molar-refractivity contribution in [2.45, 2.75) is 6.92 Å². The lowest BCUT2D eigenvalue weighted by atomic mass is 10.2. The van der Waals surface area contributed by atoms with Crippen molar-refractivity contribution in [2.75, 3.05) is 6.61 Å². The minimum Gasteiger partial charge on any atom is -0.494 e. The number of nitrogens with zero attached hydrogens (tertiary/aromatic N) is 2. The van der Waals surface area contributed by atoms with E-state index in [2.05, 4.69) is 10.5 Å². The molecule has 0 heterocycles. The van der Waals surface area contributed by atoms with Crippen LogP contribution in [0.1, 0.15) is 22.8 Å². The summed E-state index contributed by atoms with van der Waals surface area (Å²) in [5.74, 6) is 0.247. The largest absolute Gasteiger partial charge is 0.494 e. The Morgan fingerprint density at radius 1 is 1.33 bits per heavy atom. The van der Waals surface area contributed by atoms with Crippen molar-refractivity contribution in [3.8, 4) is 5.75 Å². The van der Waals surface area contributed by atoms with Crippen LogP contribution in [0.3, 0.4) is 0 Å². The summed E-state index contributed by atoms with van der Waals surface area (Å²) in [4.78, 5) is 22.2. The number of non-ortho nitro benzene ring substituents is 1. The maximum Gasteiger partial charge on any atom is 0.271 e. The molecule has 0 fully saturated rings. The summed E-state index contributed by atoms with van der Waals surface area (Å²) in [6.45, 7) is 2.41. The Labute approximate surface area is 143 Å². The second kappa shape index (κ2) is 8.07. The molecule has 0 aliphatic heterocycles. The molecular weight excluding hydrogens is 334 g/mol. The summed E-state index contributed by atoms with van der Waals surface area (Å²) in [5, 5.41) is 14.8. The molecule has 0 atom stereocenters. The van der Waals surface area contributed by atoms with E-state index in [0.717, 1.165) is 0 Å². The molecule has 8 heteroatoms. The first-order chi connectivity index (χ1) is 11.5. The van der Waals surface area contributed by atoms with Crippen LogP contribution in [0.25, 0.3) is 0 Å². The van der Waals surface area contributed by atoms with E-state index in [9.17, 15) is 14.9 Å². The van der Waals surface area contributed by atoms with Crippen LogP contribution in [0, 0.1) is 10.1 Å². The molecule has 2 rings (SSSR count). The Hall–Kier alpha value is -2.93. The second-order valence-corrected chi connectivity index (χ2v) is 5.03. The molecule has 0 aromatic heterocycles. The number of nitro groups is 1. The lowest BCUT2D eigenvalue weighted by molar-refractivity contribution is -0.384. The molecule has 1 amide bonds. The third-order valence-corrected chi connectivity index (χ3v) is 3.33. The molecule has 0 unspecified atom stereocenters. The number of ether oxygens (including phenoxy) is 1. The standard InChI is InChI=1S/C16H14ClN3O4/c1-2-24-14-6-3-11(4-7-14)16(21)19-18-10-12-9-13(20(22)23)5-8-15(12)17/h3-10H,2H2,1H3,(H,19,21)/b18-10-. The van der Waals surface area contributed by atoms with Gasteiger partial charge in [-0.05, 0) is 37.3 Å². The van der Waals surface area contributed by atoms with Gasteiger partial charge in [-0.2, -0.15) is 5.10 Å². The molecule has 0 aliphatic rings. The molecule has 1 N–H and O–H groups in total. The first-order valence-corrected chi connectivity index (χ1v) is 7.39. The summed E-state index contributed by atoms with van der Waals surface area (Å²) >= 11 is 5.94. The van der Waals surface area contributed by atoms with Crippen molar-refractivity contribution in [3.63, 3.8) is 0 Å². The van der Waals surface area contributed by atoms with Crippen molar-refractivity contribution < 1.29 is 14.5 Å². The number of carbonyl (C=O) groups excluding carboxylic acids is 1. The number of hydrogen-bond acceptors (Lipinski definition) is 5. The molecule has 0 saturated carbocycles. The van der Waals surface area contributed by atoms with E-state index in [1.165, 1.54) is 24.4 Å². The average molecular weight is 348 g/mol. The van der Waals surface area contributed by atoms with Crippen LogP contribution < -0.4 is 10.2 Å². The first-order valence-electron chi connectivity index (χ1n) is 7.01. The number of nitro benzene ring substituents is 1. The van der Waals surface area contributed by atoms with E-state index in [0.29, 0.717) is 28.5 Å². The van der Waals surface area contributed by atoms with E-state index in [-0.39, 0.29) is 5.69 Å². The number of hydrazone groups is 1. The Morgan fingerprint density at radius 2 is 2.04 bits per heavy atom. The molecule has 2 aromatic rings. The molecule has 2 aromatic carbocycles. The molecule has 24 heavy (non-hydrogen) atoms. The van der Waals surface area contributed by atoms with Gasteiger partial charge in [0.25, 0.3) is 11.6 Å². The highest BCUT2D eigenvalue weighted by Gasteiger charge is 2.09. The van der Waals surface area contributed by atoms with Gasteiger partial charge < -0.3 is 4.74 Å². The minimum absolute atomic E-state index is 0.112. The molecule has 0 aliphatic carbocycles. The van der Waals surface area contributed by atoms with Crippen molar-refractivity contribution in [1.82, 2.24) is 5.43 Å². The Morgan fingerprint density at radius 3 is 2.67 bits per heavy atom. The highest BCUT2D eigenvalue weighted by atomic mass is 35.5. The SMILES string of the molecule is CCOc1ccc(C(=O)N/N=C\c2cc([N+](=O)[O-])ccc2Cl)cc1. The van der Waals surface area contributed by atoms with E-state index >= 15 is 0 Å². The van der Waals surface area contributed by atoms with Crippen LogP contribution in [0.5, 0.6) is 5.75 Å². The third kappa shape index (κ3) is 4.53. The minimum atomic E-state index is -0.536. The normalized spacial score (nSPS) is 10.6. The van der Waals surface area contributed by atoms with Gasteiger partial charge in [0.15, 0.2) is 0 Å². The van der Waals surface area contributed by atoms with Crippen LogP contribution in [0.4, 0.5) is 5.69 Å². The fourth-order valence-electron chi connectivity index (χ4n) is 1.84. The zero-order chi connectivity index (χ0) is 17.5. The van der Waals surface area contributed by atoms with Crippen molar-refractivity contribution in [2.24, 2.45) is 5.10 Å². The van der Waals surface area contributed by atoms with Crippen LogP contribution in [0.15, 0.2) is 47.6 Å². The lowest BCUT2D eigenvalue weighted by Crippen LogP contribution is -2.17. The van der Waals surface area contributed by atoms with Gasteiger partial charge in [0.05, 0.1) is 17.7 Å². The molecule has 124 valence electrons. The monoisotopic (exact) mass is 347 g/mol. The van der Waals surface area contributed by atoms with E-state index < -0.39 is 10.8 Å².